The number of nitrogens with zero attached hydrogens (tertiary/aromatic N) is 3. The molecule has 7 nitrogen and oxygen atoms in total. The van der Waals surface area contributed by atoms with Gasteiger partial charge in [0.25, 0.3) is 17.7 Å². The van der Waals surface area contributed by atoms with E-state index in [0.717, 1.165) is 25.4 Å². The zero-order valence-corrected chi connectivity index (χ0v) is 13.4. The van der Waals surface area contributed by atoms with Gasteiger partial charge in [-0.15, -0.1) is 10.2 Å². The summed E-state index contributed by atoms with van der Waals surface area (Å²) in [5.74, 6) is 2.86. The number of rotatable bonds is 7. The summed E-state index contributed by atoms with van der Waals surface area (Å²) in [5, 5.41) is 7.98. The second-order valence-electron chi connectivity index (χ2n) is 4.96. The van der Waals surface area contributed by atoms with Crippen LogP contribution in [0, 0.1) is 0 Å². The predicted octanol–water partition coefficient (Wildman–Crippen LogP) is 3.44. The van der Waals surface area contributed by atoms with Gasteiger partial charge in [0.15, 0.2) is 11.5 Å². The third-order valence-corrected chi connectivity index (χ3v) is 3.56. The molecule has 3 rings (SSSR count). The molecule has 7 heteroatoms. The van der Waals surface area contributed by atoms with Crippen LogP contribution >= 0.6 is 0 Å². The van der Waals surface area contributed by atoms with Crippen molar-refractivity contribution in [2.24, 2.45) is 0 Å². The lowest BCUT2D eigenvalue weighted by Crippen LogP contribution is -2.21. The fourth-order valence-electron chi connectivity index (χ4n) is 2.21. The summed E-state index contributed by atoms with van der Waals surface area (Å²) >= 11 is 0. The topological polar surface area (TPSA) is 77.7 Å². The largest absolute Gasteiger partial charge is 0.468 e. The van der Waals surface area contributed by atoms with Crippen LogP contribution in [0.1, 0.15) is 19.6 Å². The Morgan fingerprint density at radius 3 is 2.17 bits per heavy atom. The molecule has 0 spiro atoms. The van der Waals surface area contributed by atoms with Gasteiger partial charge in [0.2, 0.25) is 0 Å². The van der Waals surface area contributed by atoms with Crippen molar-refractivity contribution >= 4 is 0 Å². The molecule has 0 bridgehead atoms. The van der Waals surface area contributed by atoms with Gasteiger partial charge in [-0.05, 0) is 31.3 Å². The zero-order chi connectivity index (χ0) is 16.2. The molecule has 0 aliphatic rings. The van der Waals surface area contributed by atoms with Gasteiger partial charge in [-0.25, -0.2) is 0 Å². The minimum atomic E-state index is 0.282. The molecule has 0 fully saturated rings. The first-order chi connectivity index (χ1) is 11.2. The smallest absolute Gasteiger partial charge is 0.284 e. The maximum atomic E-state index is 5.79. The SMILES string of the molecule is CCN(CC)Cc1ccc(-c2nnc(-c3ccc(OC)o3)o2)o1. The molecule has 0 aromatic carbocycles. The van der Waals surface area contributed by atoms with Crippen LogP contribution in [-0.4, -0.2) is 35.3 Å². The van der Waals surface area contributed by atoms with E-state index in [-0.39, 0.29) is 5.89 Å². The third kappa shape index (κ3) is 3.29. The maximum Gasteiger partial charge on any atom is 0.284 e. The summed E-state index contributed by atoms with van der Waals surface area (Å²) in [7, 11) is 1.53. The lowest BCUT2D eigenvalue weighted by Gasteiger charge is -2.15. The average Bonchev–Trinajstić information content (AvgIpc) is 3.31. The van der Waals surface area contributed by atoms with Gasteiger partial charge in [-0.1, -0.05) is 13.8 Å². The van der Waals surface area contributed by atoms with Crippen LogP contribution in [0.15, 0.2) is 37.5 Å². The van der Waals surface area contributed by atoms with E-state index < -0.39 is 0 Å². The molecule has 0 amide bonds. The Bertz CT molecular complexity index is 755. The summed E-state index contributed by atoms with van der Waals surface area (Å²) in [5.41, 5.74) is 0. The minimum absolute atomic E-state index is 0.282. The predicted molar refractivity (Wildman–Crippen MR) is 82.9 cm³/mol. The molecule has 3 aromatic heterocycles. The highest BCUT2D eigenvalue weighted by Crippen LogP contribution is 2.28. The number of ether oxygens (including phenoxy) is 1. The quantitative estimate of drug-likeness (QED) is 0.660. The van der Waals surface area contributed by atoms with Crippen molar-refractivity contribution in [2.75, 3.05) is 20.2 Å². The van der Waals surface area contributed by atoms with Crippen molar-refractivity contribution in [3.63, 3.8) is 0 Å². The van der Waals surface area contributed by atoms with Crippen molar-refractivity contribution in [1.29, 1.82) is 0 Å². The second kappa shape index (κ2) is 6.70. The minimum Gasteiger partial charge on any atom is -0.468 e. The Hall–Kier alpha value is -2.54. The summed E-state index contributed by atoms with van der Waals surface area (Å²) in [4.78, 5) is 2.26. The molecule has 0 radical (unpaired) electrons. The van der Waals surface area contributed by atoms with E-state index in [9.17, 15) is 0 Å². The molecule has 0 atom stereocenters. The number of hydrogen-bond donors (Lipinski definition) is 0. The highest BCUT2D eigenvalue weighted by atomic mass is 16.6. The third-order valence-electron chi connectivity index (χ3n) is 3.56. The molecule has 0 aliphatic heterocycles. The Kier molecular flexibility index (Phi) is 4.47. The monoisotopic (exact) mass is 317 g/mol. The van der Waals surface area contributed by atoms with Gasteiger partial charge >= 0.3 is 0 Å². The van der Waals surface area contributed by atoms with Gasteiger partial charge in [0.05, 0.1) is 13.7 Å². The first kappa shape index (κ1) is 15.4. The van der Waals surface area contributed by atoms with Crippen molar-refractivity contribution in [2.45, 2.75) is 20.4 Å². The lowest BCUT2D eigenvalue weighted by molar-refractivity contribution is 0.269. The summed E-state index contributed by atoms with van der Waals surface area (Å²) < 4.78 is 21.8. The van der Waals surface area contributed by atoms with E-state index in [4.69, 9.17) is 18.0 Å². The van der Waals surface area contributed by atoms with Crippen LogP contribution in [0.4, 0.5) is 0 Å². The number of furan rings is 2. The first-order valence-corrected chi connectivity index (χ1v) is 7.52. The molecular weight excluding hydrogens is 298 g/mol. The molecule has 0 saturated heterocycles. The molecule has 0 unspecified atom stereocenters. The van der Waals surface area contributed by atoms with Gasteiger partial charge < -0.3 is 18.0 Å². The zero-order valence-electron chi connectivity index (χ0n) is 13.4. The van der Waals surface area contributed by atoms with E-state index in [0.29, 0.717) is 23.4 Å². The fourth-order valence-corrected chi connectivity index (χ4v) is 2.21. The van der Waals surface area contributed by atoms with Crippen LogP contribution in [0.25, 0.3) is 23.3 Å². The Morgan fingerprint density at radius 1 is 0.913 bits per heavy atom. The lowest BCUT2D eigenvalue weighted by atomic mass is 10.4. The molecule has 0 N–H and O–H groups in total. The Morgan fingerprint density at radius 2 is 1.57 bits per heavy atom. The summed E-state index contributed by atoms with van der Waals surface area (Å²) in [6.45, 7) is 6.93. The van der Waals surface area contributed by atoms with Crippen molar-refractivity contribution < 1.29 is 18.0 Å². The second-order valence-corrected chi connectivity index (χ2v) is 4.96. The normalized spacial score (nSPS) is 11.3. The molecule has 122 valence electrons. The van der Waals surface area contributed by atoms with Crippen LogP contribution in [0.2, 0.25) is 0 Å². The van der Waals surface area contributed by atoms with Gasteiger partial charge in [0, 0.05) is 6.07 Å². The van der Waals surface area contributed by atoms with E-state index in [1.54, 1.807) is 12.1 Å². The number of hydrogen-bond acceptors (Lipinski definition) is 7. The summed E-state index contributed by atoms with van der Waals surface area (Å²) in [6, 6.07) is 7.16. The van der Waals surface area contributed by atoms with Crippen molar-refractivity contribution in [3.05, 3.63) is 30.0 Å². The summed E-state index contributed by atoms with van der Waals surface area (Å²) in [6.07, 6.45) is 0. The highest BCUT2D eigenvalue weighted by Gasteiger charge is 2.17. The van der Waals surface area contributed by atoms with Gasteiger partial charge in [-0.3, -0.25) is 4.90 Å². The van der Waals surface area contributed by atoms with E-state index in [2.05, 4.69) is 28.9 Å². The van der Waals surface area contributed by atoms with Crippen LogP contribution in [0.5, 0.6) is 5.95 Å². The van der Waals surface area contributed by atoms with Crippen molar-refractivity contribution in [3.8, 4) is 29.2 Å². The standard InChI is InChI=1S/C16H19N3O4/c1-4-19(5-2)10-11-6-7-12(21-11)15-17-18-16(23-15)13-8-9-14(20-3)22-13/h6-9H,4-5,10H2,1-3H3. The Balaban J connectivity index is 1.76. The van der Waals surface area contributed by atoms with Crippen LogP contribution in [0.3, 0.4) is 0 Å². The van der Waals surface area contributed by atoms with Crippen LogP contribution in [-0.2, 0) is 6.54 Å². The van der Waals surface area contributed by atoms with E-state index >= 15 is 0 Å². The highest BCUT2D eigenvalue weighted by molar-refractivity contribution is 5.50. The van der Waals surface area contributed by atoms with E-state index in [1.807, 2.05) is 12.1 Å². The number of aromatic nitrogens is 2. The maximum absolute atomic E-state index is 5.79. The molecule has 0 saturated carbocycles. The van der Waals surface area contributed by atoms with E-state index in [1.165, 1.54) is 7.11 Å². The van der Waals surface area contributed by atoms with Crippen molar-refractivity contribution in [1.82, 2.24) is 15.1 Å². The average molecular weight is 317 g/mol. The number of methoxy groups -OCH3 is 1. The Labute approximate surface area is 133 Å². The molecule has 3 heterocycles. The van der Waals surface area contributed by atoms with Gasteiger partial charge in [-0.2, -0.15) is 0 Å². The first-order valence-electron chi connectivity index (χ1n) is 7.52. The molecule has 3 aromatic rings. The fraction of sp³-hybridized carbons (Fsp3) is 0.375. The molecule has 0 aliphatic carbocycles. The van der Waals surface area contributed by atoms with Gasteiger partial charge in [0.1, 0.15) is 5.76 Å². The van der Waals surface area contributed by atoms with Crippen LogP contribution < -0.4 is 4.74 Å². The molecular formula is C16H19N3O4. The molecule has 23 heavy (non-hydrogen) atoms.